The lowest BCUT2D eigenvalue weighted by Gasteiger charge is -2.32. The summed E-state index contributed by atoms with van der Waals surface area (Å²) < 4.78 is 1.06. The highest BCUT2D eigenvalue weighted by Crippen LogP contribution is 2.26. The van der Waals surface area contributed by atoms with Crippen LogP contribution in [0.15, 0.2) is 16.9 Å². The third-order valence-electron chi connectivity index (χ3n) is 2.47. The molecule has 4 heteroatoms. The molecule has 0 bridgehead atoms. The highest BCUT2D eigenvalue weighted by atomic mass is 79.9. The van der Waals surface area contributed by atoms with E-state index in [0.29, 0.717) is 6.04 Å². The van der Waals surface area contributed by atoms with Crippen LogP contribution in [0, 0.1) is 0 Å². The molecule has 0 saturated carbocycles. The zero-order valence-electron chi connectivity index (χ0n) is 7.46. The van der Waals surface area contributed by atoms with Crippen LogP contribution in [0.3, 0.4) is 0 Å². The van der Waals surface area contributed by atoms with Gasteiger partial charge in [0.1, 0.15) is 4.60 Å². The van der Waals surface area contributed by atoms with Crippen molar-refractivity contribution < 1.29 is 0 Å². The molecular formula is C9H14BrN3. The zero-order valence-corrected chi connectivity index (χ0v) is 9.05. The molecule has 0 spiro atoms. The number of H-pyrrole nitrogens is 1. The molecule has 3 nitrogen and oxygen atoms in total. The molecule has 1 aliphatic rings. The van der Waals surface area contributed by atoms with Gasteiger partial charge in [0.25, 0.3) is 0 Å². The standard InChI is InChI=1S/C9H14BrN3/c10-9-8(3-4-12-9)13-5-1-2-7(11)6-13/h3-4,7,12H,1-2,5-6,11H2. The lowest BCUT2D eigenvalue weighted by Crippen LogP contribution is -2.42. The van der Waals surface area contributed by atoms with E-state index in [9.17, 15) is 0 Å². The second-order valence-corrected chi connectivity index (χ2v) is 4.32. The highest BCUT2D eigenvalue weighted by Gasteiger charge is 2.18. The second kappa shape index (κ2) is 3.72. The Morgan fingerprint density at radius 2 is 2.46 bits per heavy atom. The number of hydrogen-bond donors (Lipinski definition) is 2. The van der Waals surface area contributed by atoms with E-state index in [0.717, 1.165) is 24.1 Å². The van der Waals surface area contributed by atoms with Gasteiger partial charge in [-0.2, -0.15) is 0 Å². The Labute approximate surface area is 86.4 Å². The lowest BCUT2D eigenvalue weighted by molar-refractivity contribution is 0.506. The predicted molar refractivity (Wildman–Crippen MR) is 57.9 cm³/mol. The third kappa shape index (κ3) is 1.89. The van der Waals surface area contributed by atoms with Crippen LogP contribution in [-0.4, -0.2) is 24.1 Å². The van der Waals surface area contributed by atoms with E-state index in [1.807, 2.05) is 6.20 Å². The number of nitrogens with two attached hydrogens (primary N) is 1. The van der Waals surface area contributed by atoms with Gasteiger partial charge in [0.15, 0.2) is 0 Å². The minimum Gasteiger partial charge on any atom is -0.368 e. The molecular weight excluding hydrogens is 230 g/mol. The van der Waals surface area contributed by atoms with Gasteiger partial charge < -0.3 is 15.6 Å². The minimum absolute atomic E-state index is 0.329. The van der Waals surface area contributed by atoms with E-state index in [1.54, 1.807) is 0 Å². The van der Waals surface area contributed by atoms with Crippen molar-refractivity contribution in [1.29, 1.82) is 0 Å². The molecule has 0 radical (unpaired) electrons. The summed E-state index contributed by atoms with van der Waals surface area (Å²) in [6, 6.07) is 2.41. The lowest BCUT2D eigenvalue weighted by atomic mass is 10.1. The molecule has 0 aliphatic carbocycles. The van der Waals surface area contributed by atoms with Gasteiger partial charge in [0, 0.05) is 25.3 Å². The number of halogens is 1. The van der Waals surface area contributed by atoms with Crippen LogP contribution in [0.1, 0.15) is 12.8 Å². The first-order valence-electron chi connectivity index (χ1n) is 4.61. The van der Waals surface area contributed by atoms with Gasteiger partial charge in [-0.25, -0.2) is 0 Å². The molecule has 1 atom stereocenters. The molecule has 1 fully saturated rings. The van der Waals surface area contributed by atoms with Crippen LogP contribution in [0.4, 0.5) is 5.69 Å². The van der Waals surface area contributed by atoms with Gasteiger partial charge >= 0.3 is 0 Å². The van der Waals surface area contributed by atoms with Crippen LogP contribution < -0.4 is 10.6 Å². The van der Waals surface area contributed by atoms with Crippen molar-refractivity contribution in [2.24, 2.45) is 5.73 Å². The summed E-state index contributed by atoms with van der Waals surface area (Å²) in [4.78, 5) is 5.44. The number of aromatic nitrogens is 1. The molecule has 1 aromatic rings. The Morgan fingerprint density at radius 1 is 1.62 bits per heavy atom. The second-order valence-electron chi connectivity index (χ2n) is 3.53. The van der Waals surface area contributed by atoms with Crippen molar-refractivity contribution in [2.45, 2.75) is 18.9 Å². The number of hydrogen-bond acceptors (Lipinski definition) is 2. The maximum Gasteiger partial charge on any atom is 0.106 e. The van der Waals surface area contributed by atoms with Crippen molar-refractivity contribution >= 4 is 21.6 Å². The van der Waals surface area contributed by atoms with Crippen LogP contribution in [0.5, 0.6) is 0 Å². The average molecular weight is 244 g/mol. The summed E-state index contributed by atoms with van der Waals surface area (Å²) in [7, 11) is 0. The molecule has 2 rings (SSSR count). The zero-order chi connectivity index (χ0) is 9.26. The van der Waals surface area contributed by atoms with Gasteiger partial charge in [-0.05, 0) is 34.8 Å². The summed E-state index contributed by atoms with van der Waals surface area (Å²) in [5.41, 5.74) is 7.15. The largest absolute Gasteiger partial charge is 0.368 e. The maximum absolute atomic E-state index is 5.91. The molecule has 1 aromatic heterocycles. The number of nitrogens with one attached hydrogen (secondary N) is 1. The van der Waals surface area contributed by atoms with Crippen LogP contribution >= 0.6 is 15.9 Å². The fourth-order valence-electron chi connectivity index (χ4n) is 1.81. The van der Waals surface area contributed by atoms with Crippen molar-refractivity contribution in [2.75, 3.05) is 18.0 Å². The van der Waals surface area contributed by atoms with Crippen molar-refractivity contribution in [1.82, 2.24) is 4.98 Å². The van der Waals surface area contributed by atoms with Gasteiger partial charge in [-0.15, -0.1) is 0 Å². The molecule has 0 amide bonds. The van der Waals surface area contributed by atoms with Gasteiger partial charge in [-0.1, -0.05) is 0 Å². The summed E-state index contributed by atoms with van der Waals surface area (Å²) in [5, 5.41) is 0. The molecule has 2 heterocycles. The first kappa shape index (κ1) is 9.09. The number of nitrogens with zero attached hydrogens (tertiary/aromatic N) is 1. The topological polar surface area (TPSA) is 45.0 Å². The summed E-state index contributed by atoms with van der Waals surface area (Å²) in [6.07, 6.45) is 4.29. The summed E-state index contributed by atoms with van der Waals surface area (Å²) >= 11 is 3.48. The monoisotopic (exact) mass is 243 g/mol. The van der Waals surface area contributed by atoms with Gasteiger partial charge in [0.05, 0.1) is 5.69 Å². The third-order valence-corrected chi connectivity index (χ3v) is 3.11. The number of aromatic amines is 1. The Balaban J connectivity index is 2.12. The molecule has 13 heavy (non-hydrogen) atoms. The molecule has 1 aliphatic heterocycles. The average Bonchev–Trinajstić information content (AvgIpc) is 2.51. The van der Waals surface area contributed by atoms with Crippen LogP contribution in [-0.2, 0) is 0 Å². The molecule has 72 valence electrons. The quantitative estimate of drug-likeness (QED) is 0.789. The van der Waals surface area contributed by atoms with Gasteiger partial charge in [0.2, 0.25) is 0 Å². The molecule has 1 unspecified atom stereocenters. The fourth-order valence-corrected chi connectivity index (χ4v) is 2.33. The summed E-state index contributed by atoms with van der Waals surface area (Å²) in [6.45, 7) is 2.08. The minimum atomic E-state index is 0.329. The first-order chi connectivity index (χ1) is 6.27. The van der Waals surface area contributed by atoms with Crippen molar-refractivity contribution in [3.8, 4) is 0 Å². The van der Waals surface area contributed by atoms with Crippen molar-refractivity contribution in [3.63, 3.8) is 0 Å². The van der Waals surface area contributed by atoms with E-state index in [-0.39, 0.29) is 0 Å². The van der Waals surface area contributed by atoms with E-state index >= 15 is 0 Å². The molecule has 0 aromatic carbocycles. The van der Waals surface area contributed by atoms with Crippen LogP contribution in [0.2, 0.25) is 0 Å². The number of piperidine rings is 1. The predicted octanol–water partition coefficient (Wildman–Crippen LogP) is 1.70. The Hall–Kier alpha value is -0.480. The Bertz CT molecular complexity index is 284. The fraction of sp³-hybridized carbons (Fsp3) is 0.556. The smallest absolute Gasteiger partial charge is 0.106 e. The van der Waals surface area contributed by atoms with E-state index < -0.39 is 0 Å². The molecule has 3 N–H and O–H groups in total. The summed E-state index contributed by atoms with van der Waals surface area (Å²) in [5.74, 6) is 0. The van der Waals surface area contributed by atoms with E-state index in [4.69, 9.17) is 5.73 Å². The normalized spacial score (nSPS) is 23.5. The maximum atomic E-state index is 5.91. The SMILES string of the molecule is NC1CCCN(c2cc[nH]c2Br)C1. The van der Waals surface area contributed by atoms with E-state index in [1.165, 1.54) is 12.1 Å². The molecule has 1 saturated heterocycles. The highest BCUT2D eigenvalue weighted by molar-refractivity contribution is 9.10. The number of rotatable bonds is 1. The first-order valence-corrected chi connectivity index (χ1v) is 5.40. The Morgan fingerprint density at radius 3 is 3.08 bits per heavy atom. The van der Waals surface area contributed by atoms with Crippen molar-refractivity contribution in [3.05, 3.63) is 16.9 Å². The Kier molecular flexibility index (Phi) is 2.60. The van der Waals surface area contributed by atoms with Crippen LogP contribution in [0.25, 0.3) is 0 Å². The van der Waals surface area contributed by atoms with Gasteiger partial charge in [-0.3, -0.25) is 0 Å². The van der Waals surface area contributed by atoms with E-state index in [2.05, 4.69) is 31.9 Å². The number of anilines is 1.